The van der Waals surface area contributed by atoms with E-state index in [4.69, 9.17) is 10.8 Å². The van der Waals surface area contributed by atoms with Crippen LogP contribution in [0.3, 0.4) is 0 Å². The summed E-state index contributed by atoms with van der Waals surface area (Å²) in [6.07, 6.45) is 0.154. The Kier molecular flexibility index (Phi) is 4.70. The van der Waals surface area contributed by atoms with Gasteiger partial charge in [0.15, 0.2) is 0 Å². The van der Waals surface area contributed by atoms with Crippen LogP contribution in [0.2, 0.25) is 0 Å². The summed E-state index contributed by atoms with van der Waals surface area (Å²) in [4.78, 5) is 25.7. The third-order valence-electron chi connectivity index (χ3n) is 2.72. The van der Waals surface area contributed by atoms with Gasteiger partial charge in [-0.25, -0.2) is 0 Å². The molecule has 0 saturated carbocycles. The molecule has 1 aliphatic rings. The maximum absolute atomic E-state index is 11.6. The lowest BCUT2D eigenvalue weighted by Crippen LogP contribution is -2.52. The topological polar surface area (TPSA) is 86.9 Å². The number of amides is 1. The van der Waals surface area contributed by atoms with Crippen LogP contribution in [0, 0.1) is 0 Å². The molecule has 92 valence electrons. The molecule has 1 rings (SSSR count). The quantitative estimate of drug-likeness (QED) is 0.642. The third-order valence-corrected chi connectivity index (χ3v) is 2.72. The summed E-state index contributed by atoms with van der Waals surface area (Å²) in [7, 11) is 0. The molecule has 6 heteroatoms. The molecule has 1 unspecified atom stereocenters. The van der Waals surface area contributed by atoms with E-state index in [1.54, 1.807) is 11.8 Å². The first-order valence-corrected chi connectivity index (χ1v) is 5.49. The summed E-state index contributed by atoms with van der Waals surface area (Å²) < 4.78 is 0. The molecule has 6 nitrogen and oxygen atoms in total. The van der Waals surface area contributed by atoms with Crippen LogP contribution in [-0.4, -0.2) is 65.5 Å². The van der Waals surface area contributed by atoms with Crippen molar-refractivity contribution in [2.75, 3.05) is 32.7 Å². The average Bonchev–Trinajstić information content (AvgIpc) is 2.26. The number of carboxylic acid groups (broad SMARTS) is 1. The summed E-state index contributed by atoms with van der Waals surface area (Å²) in [5, 5.41) is 8.55. The first-order valence-electron chi connectivity index (χ1n) is 5.49. The maximum Gasteiger partial charge on any atom is 0.304 e. The van der Waals surface area contributed by atoms with Gasteiger partial charge in [0.05, 0.1) is 12.5 Å². The fourth-order valence-electron chi connectivity index (χ4n) is 1.73. The normalized spacial score (nSPS) is 19.5. The number of carboxylic acids is 1. The minimum Gasteiger partial charge on any atom is -0.481 e. The van der Waals surface area contributed by atoms with Gasteiger partial charge in [-0.15, -0.1) is 0 Å². The SMILES string of the molecule is CC(N)C(=O)N1CCN(CCC(=O)O)CC1. The highest BCUT2D eigenvalue weighted by atomic mass is 16.4. The Balaban J connectivity index is 2.28. The third kappa shape index (κ3) is 3.79. The van der Waals surface area contributed by atoms with Crippen LogP contribution in [0.5, 0.6) is 0 Å². The van der Waals surface area contributed by atoms with Gasteiger partial charge in [0.1, 0.15) is 0 Å². The zero-order chi connectivity index (χ0) is 12.1. The van der Waals surface area contributed by atoms with Crippen molar-refractivity contribution in [3.63, 3.8) is 0 Å². The first kappa shape index (κ1) is 12.9. The van der Waals surface area contributed by atoms with Crippen LogP contribution >= 0.6 is 0 Å². The van der Waals surface area contributed by atoms with Crippen LogP contribution in [-0.2, 0) is 9.59 Å². The van der Waals surface area contributed by atoms with E-state index in [2.05, 4.69) is 4.90 Å². The van der Waals surface area contributed by atoms with Gasteiger partial charge in [0.25, 0.3) is 0 Å². The minimum atomic E-state index is -0.783. The molecule has 0 aromatic rings. The van der Waals surface area contributed by atoms with Crippen LogP contribution in [0.1, 0.15) is 13.3 Å². The van der Waals surface area contributed by atoms with E-state index in [0.717, 1.165) is 13.1 Å². The summed E-state index contributed by atoms with van der Waals surface area (Å²) in [6, 6.07) is -0.453. The number of aliphatic carboxylic acids is 1. The monoisotopic (exact) mass is 229 g/mol. The lowest BCUT2D eigenvalue weighted by atomic mass is 10.2. The number of rotatable bonds is 4. The molecule has 1 fully saturated rings. The second-order valence-electron chi connectivity index (χ2n) is 4.10. The molecule has 16 heavy (non-hydrogen) atoms. The number of carbonyl (C=O) groups is 2. The van der Waals surface area contributed by atoms with Crippen molar-refractivity contribution in [1.82, 2.24) is 9.80 Å². The first-order chi connectivity index (χ1) is 7.50. The fraction of sp³-hybridized carbons (Fsp3) is 0.800. The number of hydrogen-bond donors (Lipinski definition) is 2. The smallest absolute Gasteiger partial charge is 0.304 e. The van der Waals surface area contributed by atoms with Crippen molar-refractivity contribution in [2.24, 2.45) is 5.73 Å². The van der Waals surface area contributed by atoms with Gasteiger partial charge in [0.2, 0.25) is 5.91 Å². The fourth-order valence-corrected chi connectivity index (χ4v) is 1.73. The van der Waals surface area contributed by atoms with E-state index in [-0.39, 0.29) is 12.3 Å². The predicted octanol–water partition coefficient (Wildman–Crippen LogP) is -1.05. The molecule has 0 aromatic heterocycles. The van der Waals surface area contributed by atoms with Crippen molar-refractivity contribution in [3.8, 4) is 0 Å². The predicted molar refractivity (Wildman–Crippen MR) is 58.9 cm³/mol. The van der Waals surface area contributed by atoms with Gasteiger partial charge in [-0.1, -0.05) is 0 Å². The van der Waals surface area contributed by atoms with Gasteiger partial charge < -0.3 is 15.7 Å². The Bertz CT molecular complexity index is 260. The second-order valence-corrected chi connectivity index (χ2v) is 4.10. The summed E-state index contributed by atoms with van der Waals surface area (Å²) in [5.74, 6) is -0.813. The molecular formula is C10H19N3O3. The molecule has 0 aliphatic carbocycles. The molecule has 1 atom stereocenters. The van der Waals surface area contributed by atoms with Gasteiger partial charge >= 0.3 is 5.97 Å². The van der Waals surface area contributed by atoms with Crippen molar-refractivity contribution in [2.45, 2.75) is 19.4 Å². The Morgan fingerprint density at radius 3 is 2.31 bits per heavy atom. The molecule has 0 radical (unpaired) electrons. The zero-order valence-corrected chi connectivity index (χ0v) is 9.56. The number of hydrogen-bond acceptors (Lipinski definition) is 4. The van der Waals surface area contributed by atoms with Crippen molar-refractivity contribution < 1.29 is 14.7 Å². The van der Waals surface area contributed by atoms with Gasteiger partial charge in [0, 0.05) is 32.7 Å². The molecular weight excluding hydrogens is 210 g/mol. The number of piperazine rings is 1. The molecule has 1 amide bonds. The van der Waals surface area contributed by atoms with E-state index in [9.17, 15) is 9.59 Å². The van der Waals surface area contributed by atoms with E-state index < -0.39 is 12.0 Å². The van der Waals surface area contributed by atoms with Crippen molar-refractivity contribution in [3.05, 3.63) is 0 Å². The van der Waals surface area contributed by atoms with Crippen LogP contribution in [0.25, 0.3) is 0 Å². The standard InChI is InChI=1S/C10H19N3O3/c1-8(11)10(16)13-6-4-12(5-7-13)3-2-9(14)15/h8H,2-7,11H2,1H3,(H,14,15). The molecule has 1 heterocycles. The number of nitrogens with zero attached hydrogens (tertiary/aromatic N) is 2. The number of nitrogens with two attached hydrogens (primary N) is 1. The van der Waals surface area contributed by atoms with Gasteiger partial charge in [-0.3, -0.25) is 14.5 Å². The Morgan fingerprint density at radius 2 is 1.88 bits per heavy atom. The largest absolute Gasteiger partial charge is 0.481 e. The van der Waals surface area contributed by atoms with Crippen LogP contribution < -0.4 is 5.73 Å². The van der Waals surface area contributed by atoms with Crippen LogP contribution in [0.15, 0.2) is 0 Å². The molecule has 1 saturated heterocycles. The second kappa shape index (κ2) is 5.81. The van der Waals surface area contributed by atoms with Crippen LogP contribution in [0.4, 0.5) is 0 Å². The molecule has 0 spiro atoms. The minimum absolute atomic E-state index is 0.0297. The van der Waals surface area contributed by atoms with Crippen molar-refractivity contribution >= 4 is 11.9 Å². The molecule has 3 N–H and O–H groups in total. The average molecular weight is 229 g/mol. The van der Waals surface area contributed by atoms with Gasteiger partial charge in [-0.2, -0.15) is 0 Å². The summed E-state index contributed by atoms with van der Waals surface area (Å²) >= 11 is 0. The Labute approximate surface area is 95.0 Å². The highest BCUT2D eigenvalue weighted by molar-refractivity contribution is 5.81. The Hall–Kier alpha value is -1.14. The van der Waals surface area contributed by atoms with E-state index in [1.807, 2.05) is 0 Å². The molecule has 1 aliphatic heterocycles. The van der Waals surface area contributed by atoms with Crippen molar-refractivity contribution in [1.29, 1.82) is 0 Å². The molecule has 0 bridgehead atoms. The van der Waals surface area contributed by atoms with E-state index in [0.29, 0.717) is 19.6 Å². The zero-order valence-electron chi connectivity index (χ0n) is 9.56. The number of carbonyl (C=O) groups excluding carboxylic acids is 1. The van der Waals surface area contributed by atoms with E-state index in [1.165, 1.54) is 0 Å². The highest BCUT2D eigenvalue weighted by Gasteiger charge is 2.22. The molecule has 0 aromatic carbocycles. The van der Waals surface area contributed by atoms with E-state index >= 15 is 0 Å². The maximum atomic E-state index is 11.6. The van der Waals surface area contributed by atoms with Gasteiger partial charge in [-0.05, 0) is 6.92 Å². The lowest BCUT2D eigenvalue weighted by Gasteiger charge is -2.35. The lowest BCUT2D eigenvalue weighted by molar-refractivity contribution is -0.138. The summed E-state index contributed by atoms with van der Waals surface area (Å²) in [5.41, 5.74) is 5.52. The highest BCUT2D eigenvalue weighted by Crippen LogP contribution is 2.04. The summed E-state index contributed by atoms with van der Waals surface area (Å²) in [6.45, 7) is 4.96. The Morgan fingerprint density at radius 1 is 1.31 bits per heavy atom.